The summed E-state index contributed by atoms with van der Waals surface area (Å²) in [6.07, 6.45) is 3.68. The molecule has 0 fully saturated rings. The molecule has 0 heterocycles. The van der Waals surface area contributed by atoms with Crippen LogP contribution in [0.1, 0.15) is 60.8 Å². The number of hydrogen-bond donors (Lipinski definition) is 1. The van der Waals surface area contributed by atoms with Crippen LogP contribution in [0.5, 0.6) is 0 Å². The Bertz CT molecular complexity index is 157. The fourth-order valence-electron chi connectivity index (χ4n) is 1.65. The first-order valence-corrected chi connectivity index (χ1v) is 6.32. The fraction of sp³-hybridized carbons (Fsp3) is 1.00. The minimum absolute atomic E-state index is 0.0178. The average Bonchev–Trinajstić information content (AvgIpc) is 2.13. The van der Waals surface area contributed by atoms with E-state index in [2.05, 4.69) is 46.9 Å². The molecule has 1 N–H and O–H groups in total. The summed E-state index contributed by atoms with van der Waals surface area (Å²) in [5, 5.41) is 3.49. The lowest BCUT2D eigenvalue weighted by molar-refractivity contribution is -0.0706. The molecule has 0 saturated heterocycles. The van der Waals surface area contributed by atoms with Crippen LogP contribution in [0.25, 0.3) is 0 Å². The third-order valence-corrected chi connectivity index (χ3v) is 2.80. The van der Waals surface area contributed by atoms with Crippen LogP contribution in [0.4, 0.5) is 0 Å². The summed E-state index contributed by atoms with van der Waals surface area (Å²) >= 11 is 0. The Kier molecular flexibility index (Phi) is 7.20. The van der Waals surface area contributed by atoms with Gasteiger partial charge in [-0.05, 0) is 53.5 Å². The first-order chi connectivity index (χ1) is 6.91. The second-order valence-electron chi connectivity index (χ2n) is 5.13. The number of nitrogens with one attached hydrogen (secondary N) is 1. The largest absolute Gasteiger partial charge is 0.373 e. The van der Waals surface area contributed by atoms with Gasteiger partial charge in [-0.15, -0.1) is 0 Å². The second-order valence-corrected chi connectivity index (χ2v) is 5.13. The van der Waals surface area contributed by atoms with E-state index in [1.54, 1.807) is 0 Å². The summed E-state index contributed by atoms with van der Waals surface area (Å²) in [4.78, 5) is 0. The Labute approximate surface area is 95.8 Å². The van der Waals surface area contributed by atoms with Crippen LogP contribution in [0.3, 0.4) is 0 Å². The van der Waals surface area contributed by atoms with Crippen molar-refractivity contribution in [3.05, 3.63) is 0 Å². The first kappa shape index (κ1) is 14.9. The van der Waals surface area contributed by atoms with Gasteiger partial charge >= 0.3 is 0 Å². The molecule has 2 atom stereocenters. The van der Waals surface area contributed by atoms with Crippen molar-refractivity contribution in [3.63, 3.8) is 0 Å². The van der Waals surface area contributed by atoms with Crippen molar-refractivity contribution in [1.82, 2.24) is 5.32 Å². The molecule has 0 amide bonds. The molecule has 2 nitrogen and oxygen atoms in total. The third-order valence-electron chi connectivity index (χ3n) is 2.80. The van der Waals surface area contributed by atoms with Crippen molar-refractivity contribution in [3.8, 4) is 0 Å². The van der Waals surface area contributed by atoms with Crippen molar-refractivity contribution in [2.75, 3.05) is 6.54 Å². The standard InChI is InChI=1S/C13H29NO/c1-7-9-14-11(3)10-12(4)15-13(5,6)8-2/h11-12,14H,7-10H2,1-6H3. The Morgan fingerprint density at radius 2 is 1.80 bits per heavy atom. The molecule has 0 aliphatic carbocycles. The highest BCUT2D eigenvalue weighted by Crippen LogP contribution is 2.18. The van der Waals surface area contributed by atoms with Crippen LogP contribution >= 0.6 is 0 Å². The molecular weight excluding hydrogens is 186 g/mol. The number of ether oxygens (including phenoxy) is 1. The quantitative estimate of drug-likeness (QED) is 0.670. The van der Waals surface area contributed by atoms with Gasteiger partial charge in [0.05, 0.1) is 11.7 Å². The fourth-order valence-corrected chi connectivity index (χ4v) is 1.65. The van der Waals surface area contributed by atoms with Gasteiger partial charge < -0.3 is 10.1 Å². The van der Waals surface area contributed by atoms with E-state index in [-0.39, 0.29) is 5.60 Å². The smallest absolute Gasteiger partial charge is 0.0627 e. The van der Waals surface area contributed by atoms with Gasteiger partial charge in [0.25, 0.3) is 0 Å². The van der Waals surface area contributed by atoms with Crippen LogP contribution < -0.4 is 5.32 Å². The van der Waals surface area contributed by atoms with Gasteiger partial charge in [0.15, 0.2) is 0 Å². The molecule has 0 aliphatic rings. The van der Waals surface area contributed by atoms with E-state index in [0.717, 1.165) is 19.4 Å². The predicted octanol–water partition coefficient (Wildman–Crippen LogP) is 3.36. The maximum atomic E-state index is 6.00. The van der Waals surface area contributed by atoms with Gasteiger partial charge in [-0.3, -0.25) is 0 Å². The molecule has 0 aromatic heterocycles. The van der Waals surface area contributed by atoms with Crippen LogP contribution in [-0.2, 0) is 4.74 Å². The Balaban J connectivity index is 3.77. The topological polar surface area (TPSA) is 21.3 Å². The molecule has 0 rings (SSSR count). The Morgan fingerprint density at radius 1 is 1.20 bits per heavy atom. The zero-order chi connectivity index (χ0) is 11.9. The second kappa shape index (κ2) is 7.24. The SMILES string of the molecule is CCCNC(C)CC(C)OC(C)(C)CC. The minimum atomic E-state index is 0.0178. The molecule has 92 valence electrons. The normalized spacial score (nSPS) is 16.4. The molecule has 0 radical (unpaired) electrons. The summed E-state index contributed by atoms with van der Waals surface area (Å²) in [5.41, 5.74) is 0.0178. The van der Waals surface area contributed by atoms with Crippen LogP contribution in [-0.4, -0.2) is 24.3 Å². The van der Waals surface area contributed by atoms with Crippen molar-refractivity contribution in [2.45, 2.75) is 78.6 Å². The molecule has 15 heavy (non-hydrogen) atoms. The van der Waals surface area contributed by atoms with E-state index in [1.807, 2.05) is 0 Å². The van der Waals surface area contributed by atoms with Crippen molar-refractivity contribution in [1.29, 1.82) is 0 Å². The summed E-state index contributed by atoms with van der Waals surface area (Å²) in [6.45, 7) is 14.2. The molecule has 2 heteroatoms. The third kappa shape index (κ3) is 7.80. The predicted molar refractivity (Wildman–Crippen MR) is 67.3 cm³/mol. The van der Waals surface area contributed by atoms with Gasteiger partial charge in [-0.2, -0.15) is 0 Å². The summed E-state index contributed by atoms with van der Waals surface area (Å²) in [6, 6.07) is 0.549. The first-order valence-electron chi connectivity index (χ1n) is 6.32. The highest BCUT2D eigenvalue weighted by atomic mass is 16.5. The van der Waals surface area contributed by atoms with E-state index in [1.165, 1.54) is 6.42 Å². The van der Waals surface area contributed by atoms with Crippen molar-refractivity contribution >= 4 is 0 Å². The average molecular weight is 215 g/mol. The van der Waals surface area contributed by atoms with Gasteiger partial charge in [-0.25, -0.2) is 0 Å². The van der Waals surface area contributed by atoms with Gasteiger partial charge in [0.1, 0.15) is 0 Å². The summed E-state index contributed by atoms with van der Waals surface area (Å²) in [7, 11) is 0. The molecule has 2 unspecified atom stereocenters. The lowest BCUT2D eigenvalue weighted by Crippen LogP contribution is -2.34. The molecule has 0 saturated carbocycles. The zero-order valence-corrected chi connectivity index (χ0v) is 11.4. The van der Waals surface area contributed by atoms with Gasteiger partial charge in [0, 0.05) is 6.04 Å². The molecule has 0 aromatic carbocycles. The minimum Gasteiger partial charge on any atom is -0.373 e. The highest BCUT2D eigenvalue weighted by Gasteiger charge is 2.20. The molecule has 0 aliphatic heterocycles. The lowest BCUT2D eigenvalue weighted by atomic mass is 10.1. The Hall–Kier alpha value is -0.0800. The van der Waals surface area contributed by atoms with Crippen molar-refractivity contribution in [2.24, 2.45) is 0 Å². The number of hydrogen-bond acceptors (Lipinski definition) is 2. The van der Waals surface area contributed by atoms with Crippen LogP contribution in [0, 0.1) is 0 Å². The lowest BCUT2D eigenvalue weighted by Gasteiger charge is -2.29. The van der Waals surface area contributed by atoms with Crippen molar-refractivity contribution < 1.29 is 4.74 Å². The summed E-state index contributed by atoms with van der Waals surface area (Å²) in [5.74, 6) is 0. The maximum absolute atomic E-state index is 6.00. The van der Waals surface area contributed by atoms with E-state index >= 15 is 0 Å². The van der Waals surface area contributed by atoms with Crippen LogP contribution in [0.2, 0.25) is 0 Å². The van der Waals surface area contributed by atoms with Gasteiger partial charge in [0.2, 0.25) is 0 Å². The van der Waals surface area contributed by atoms with E-state index in [0.29, 0.717) is 12.1 Å². The molecule has 0 bridgehead atoms. The van der Waals surface area contributed by atoms with E-state index in [9.17, 15) is 0 Å². The molecule has 0 aromatic rings. The monoisotopic (exact) mass is 215 g/mol. The van der Waals surface area contributed by atoms with Gasteiger partial charge in [-0.1, -0.05) is 13.8 Å². The maximum Gasteiger partial charge on any atom is 0.0627 e. The Morgan fingerprint density at radius 3 is 2.27 bits per heavy atom. The molecular formula is C13H29NO. The molecule has 0 spiro atoms. The number of rotatable bonds is 8. The highest BCUT2D eigenvalue weighted by molar-refractivity contribution is 4.71. The van der Waals surface area contributed by atoms with E-state index in [4.69, 9.17) is 4.74 Å². The van der Waals surface area contributed by atoms with Crippen LogP contribution in [0.15, 0.2) is 0 Å². The zero-order valence-electron chi connectivity index (χ0n) is 11.4. The van der Waals surface area contributed by atoms with E-state index < -0.39 is 0 Å². The summed E-state index contributed by atoms with van der Waals surface area (Å²) < 4.78 is 6.00.